The molecule has 3 aliphatic carbocycles. The molecule has 1 heterocycles. The average molecular weight is 374 g/mol. The number of fused-ring (bicyclic) bond motifs is 3. The Balaban J connectivity index is 1.28. The number of H-pyrrole nitrogens is 1. The molecule has 0 saturated heterocycles. The van der Waals surface area contributed by atoms with Crippen molar-refractivity contribution in [2.45, 2.75) is 50.9 Å². The summed E-state index contributed by atoms with van der Waals surface area (Å²) in [6.45, 7) is 0. The highest BCUT2D eigenvalue weighted by molar-refractivity contribution is 5.75. The molecule has 1 aromatic carbocycles. The fourth-order valence-electron chi connectivity index (χ4n) is 5.59. The van der Waals surface area contributed by atoms with Crippen molar-refractivity contribution < 1.29 is 13.5 Å². The molecule has 1 spiro atoms. The molecule has 5 rings (SSSR count). The molecular formula is C21H24F2N2O2. The van der Waals surface area contributed by atoms with Gasteiger partial charge in [0, 0.05) is 12.5 Å². The lowest BCUT2D eigenvalue weighted by Crippen LogP contribution is -2.27. The normalized spacial score (nSPS) is 31.3. The second kappa shape index (κ2) is 5.76. The lowest BCUT2D eigenvalue weighted by molar-refractivity contribution is -0.0218. The van der Waals surface area contributed by atoms with Crippen LogP contribution >= 0.6 is 0 Å². The minimum absolute atomic E-state index is 0.314. The third-order valence-electron chi connectivity index (χ3n) is 7.21. The van der Waals surface area contributed by atoms with Gasteiger partial charge in [0.05, 0.1) is 18.1 Å². The molecule has 1 aromatic heterocycles. The van der Waals surface area contributed by atoms with E-state index in [2.05, 4.69) is 9.97 Å². The van der Waals surface area contributed by atoms with E-state index in [4.69, 9.17) is 4.74 Å². The van der Waals surface area contributed by atoms with Gasteiger partial charge in [0.2, 0.25) is 0 Å². The Kier molecular flexibility index (Phi) is 3.66. The van der Waals surface area contributed by atoms with Crippen molar-refractivity contribution in [2.75, 3.05) is 7.11 Å². The van der Waals surface area contributed by atoms with Crippen LogP contribution in [0.5, 0.6) is 5.75 Å². The Bertz CT molecular complexity index is 957. The van der Waals surface area contributed by atoms with E-state index in [0.29, 0.717) is 34.5 Å². The average Bonchev–Trinajstić information content (AvgIpc) is 3.52. The highest BCUT2D eigenvalue weighted by atomic mass is 19.3. The maximum Gasteiger partial charge on any atom is 0.295 e. The molecule has 4 unspecified atom stereocenters. The summed E-state index contributed by atoms with van der Waals surface area (Å²) >= 11 is 0. The van der Waals surface area contributed by atoms with Gasteiger partial charge in [0.25, 0.3) is 11.5 Å². The van der Waals surface area contributed by atoms with Crippen LogP contribution in [0, 0.1) is 23.2 Å². The molecule has 4 atom stereocenters. The first-order chi connectivity index (χ1) is 12.9. The highest BCUT2D eigenvalue weighted by Gasteiger charge is 2.68. The number of nitrogens with one attached hydrogen (secondary N) is 1. The Morgan fingerprint density at radius 3 is 2.96 bits per heavy atom. The van der Waals surface area contributed by atoms with Crippen molar-refractivity contribution in [1.29, 1.82) is 0 Å². The third kappa shape index (κ3) is 2.75. The van der Waals surface area contributed by atoms with Gasteiger partial charge in [-0.3, -0.25) is 4.79 Å². The molecule has 0 bridgehead atoms. The molecule has 6 heteroatoms. The van der Waals surface area contributed by atoms with Crippen molar-refractivity contribution in [3.63, 3.8) is 0 Å². The van der Waals surface area contributed by atoms with E-state index >= 15 is 0 Å². The molecule has 144 valence electrons. The summed E-state index contributed by atoms with van der Waals surface area (Å²) in [7, 11) is 1.51. The van der Waals surface area contributed by atoms with Gasteiger partial charge in [-0.2, -0.15) is 8.78 Å². The summed E-state index contributed by atoms with van der Waals surface area (Å²) in [6.07, 6.45) is 6.23. The Hall–Kier alpha value is -1.98. The van der Waals surface area contributed by atoms with Crippen LogP contribution in [0.15, 0.2) is 23.0 Å². The molecule has 3 saturated carbocycles. The van der Waals surface area contributed by atoms with Crippen LogP contribution in [0.3, 0.4) is 0 Å². The number of hydrogen-bond donors (Lipinski definition) is 1. The first-order valence-corrected chi connectivity index (χ1v) is 9.89. The van der Waals surface area contributed by atoms with E-state index < -0.39 is 17.2 Å². The Morgan fingerprint density at radius 1 is 1.41 bits per heavy atom. The van der Waals surface area contributed by atoms with Crippen LogP contribution in [0.25, 0.3) is 11.0 Å². The number of halogens is 2. The first-order valence-electron chi connectivity index (χ1n) is 9.89. The fourth-order valence-corrected chi connectivity index (χ4v) is 5.59. The summed E-state index contributed by atoms with van der Waals surface area (Å²) in [5.41, 5.74) is -0.234. The van der Waals surface area contributed by atoms with Crippen LogP contribution in [-0.2, 0) is 5.92 Å². The molecule has 4 nitrogen and oxygen atoms in total. The molecule has 0 radical (unpaired) electrons. The number of hydrogen-bond acceptors (Lipinski definition) is 3. The summed E-state index contributed by atoms with van der Waals surface area (Å²) in [5.74, 6) is -0.203. The summed E-state index contributed by atoms with van der Waals surface area (Å²) in [5, 5.41) is 0. The number of nitrogens with zero attached hydrogens (tertiary/aromatic N) is 1. The van der Waals surface area contributed by atoms with E-state index in [-0.39, 0.29) is 6.42 Å². The molecule has 3 aliphatic rings. The summed E-state index contributed by atoms with van der Waals surface area (Å²) in [6, 6.07) is 4.82. The summed E-state index contributed by atoms with van der Waals surface area (Å²) < 4.78 is 34.5. The van der Waals surface area contributed by atoms with Gasteiger partial charge in [-0.25, -0.2) is 4.98 Å². The van der Waals surface area contributed by atoms with Crippen molar-refractivity contribution in [3.8, 4) is 5.75 Å². The number of benzene rings is 1. The molecule has 27 heavy (non-hydrogen) atoms. The zero-order valence-electron chi connectivity index (χ0n) is 15.4. The van der Waals surface area contributed by atoms with Gasteiger partial charge < -0.3 is 9.72 Å². The predicted octanol–water partition coefficient (Wildman–Crippen LogP) is 4.63. The van der Waals surface area contributed by atoms with Crippen LogP contribution in [0.2, 0.25) is 0 Å². The second-order valence-corrected chi connectivity index (χ2v) is 8.67. The predicted molar refractivity (Wildman–Crippen MR) is 98.0 cm³/mol. The van der Waals surface area contributed by atoms with E-state index in [1.165, 1.54) is 32.8 Å². The SMILES string of the molecule is COc1ccc2nc(C(F)(F)CCCC3CC34CCC3CC34)c(=O)[nH]c2c1. The van der Waals surface area contributed by atoms with Crippen LogP contribution in [0.4, 0.5) is 8.78 Å². The molecule has 0 aliphatic heterocycles. The molecular weight excluding hydrogens is 350 g/mol. The number of rotatable bonds is 6. The first kappa shape index (κ1) is 17.1. The van der Waals surface area contributed by atoms with E-state index in [1.54, 1.807) is 18.2 Å². The maximum atomic E-state index is 14.7. The lowest BCUT2D eigenvalue weighted by atomic mass is 9.94. The van der Waals surface area contributed by atoms with Crippen LogP contribution < -0.4 is 10.3 Å². The molecule has 3 fully saturated rings. The van der Waals surface area contributed by atoms with Crippen molar-refractivity contribution in [3.05, 3.63) is 34.2 Å². The number of methoxy groups -OCH3 is 1. The third-order valence-corrected chi connectivity index (χ3v) is 7.21. The lowest BCUT2D eigenvalue weighted by Gasteiger charge is -2.16. The minimum Gasteiger partial charge on any atom is -0.497 e. The number of ether oxygens (including phenoxy) is 1. The van der Waals surface area contributed by atoms with Crippen LogP contribution in [0.1, 0.15) is 50.6 Å². The van der Waals surface area contributed by atoms with Gasteiger partial charge in [-0.05, 0) is 73.8 Å². The zero-order valence-corrected chi connectivity index (χ0v) is 15.4. The van der Waals surface area contributed by atoms with Gasteiger partial charge in [-0.1, -0.05) is 0 Å². The molecule has 1 N–H and O–H groups in total. The minimum atomic E-state index is -3.21. The second-order valence-electron chi connectivity index (χ2n) is 8.67. The van der Waals surface area contributed by atoms with Crippen molar-refractivity contribution in [2.24, 2.45) is 23.2 Å². The maximum absolute atomic E-state index is 14.7. The number of aromatic amines is 1. The summed E-state index contributed by atoms with van der Waals surface area (Å²) in [4.78, 5) is 18.7. The highest BCUT2D eigenvalue weighted by Crippen LogP contribution is 2.76. The molecule has 0 amide bonds. The van der Waals surface area contributed by atoms with Crippen LogP contribution in [-0.4, -0.2) is 17.1 Å². The standard InChI is InChI=1S/C21H24F2N2O2/c1-27-14-4-5-16-17(10-14)25-19(26)18(24-16)21(22,23)7-2-3-13-11-20(13)8-6-12-9-15(12)20/h4-5,10,12-13,15H,2-3,6-9,11H2,1H3,(H,25,26). The van der Waals surface area contributed by atoms with E-state index in [0.717, 1.165) is 18.3 Å². The van der Waals surface area contributed by atoms with Crippen molar-refractivity contribution >= 4 is 11.0 Å². The van der Waals surface area contributed by atoms with Gasteiger partial charge in [0.15, 0.2) is 5.69 Å². The van der Waals surface area contributed by atoms with Crippen molar-refractivity contribution in [1.82, 2.24) is 9.97 Å². The largest absolute Gasteiger partial charge is 0.497 e. The zero-order chi connectivity index (χ0) is 18.8. The quantitative estimate of drug-likeness (QED) is 0.802. The fraction of sp³-hybridized carbons (Fsp3) is 0.619. The number of alkyl halides is 2. The van der Waals surface area contributed by atoms with Gasteiger partial charge in [-0.15, -0.1) is 0 Å². The monoisotopic (exact) mass is 374 g/mol. The van der Waals surface area contributed by atoms with E-state index in [9.17, 15) is 13.6 Å². The number of aromatic nitrogens is 2. The Labute approximate surface area is 156 Å². The Morgan fingerprint density at radius 2 is 2.26 bits per heavy atom. The van der Waals surface area contributed by atoms with Gasteiger partial charge >= 0.3 is 0 Å². The van der Waals surface area contributed by atoms with E-state index in [1.807, 2.05) is 0 Å². The van der Waals surface area contributed by atoms with Gasteiger partial charge in [0.1, 0.15) is 5.75 Å². The smallest absolute Gasteiger partial charge is 0.295 e. The molecule has 2 aromatic rings. The topological polar surface area (TPSA) is 55.0 Å².